The van der Waals surface area contributed by atoms with Gasteiger partial charge in [-0.05, 0) is 34.1 Å². The van der Waals surface area contributed by atoms with Crippen LogP contribution in [0.3, 0.4) is 0 Å². The van der Waals surface area contributed by atoms with Crippen LogP contribution in [0.4, 0.5) is 5.69 Å². The van der Waals surface area contributed by atoms with Gasteiger partial charge in [-0.25, -0.2) is 5.43 Å². The van der Waals surface area contributed by atoms with Crippen molar-refractivity contribution >= 4 is 49.7 Å². The number of nitrogens with one attached hydrogen (secondary N) is 1. The van der Waals surface area contributed by atoms with E-state index < -0.39 is 10.8 Å². The number of carbonyl (C=O) groups is 1. The van der Waals surface area contributed by atoms with Crippen molar-refractivity contribution in [3.05, 3.63) is 67.1 Å². The lowest BCUT2D eigenvalue weighted by molar-refractivity contribution is -0.384. The van der Waals surface area contributed by atoms with Crippen molar-refractivity contribution in [2.45, 2.75) is 0 Å². The van der Waals surface area contributed by atoms with Crippen LogP contribution in [-0.4, -0.2) is 23.7 Å². The van der Waals surface area contributed by atoms with Gasteiger partial charge in [-0.2, -0.15) is 5.10 Å². The third-order valence-corrected chi connectivity index (χ3v) is 3.85. The molecular weight excluding hydrogens is 446 g/mol. The highest BCUT2D eigenvalue weighted by Gasteiger charge is 2.06. The molecule has 2 rings (SSSR count). The molecule has 9 heteroatoms. The Morgan fingerprint density at radius 2 is 2.08 bits per heavy atom. The quantitative estimate of drug-likeness (QED) is 0.407. The van der Waals surface area contributed by atoms with E-state index in [9.17, 15) is 14.9 Å². The van der Waals surface area contributed by atoms with Gasteiger partial charge in [0.2, 0.25) is 0 Å². The summed E-state index contributed by atoms with van der Waals surface area (Å²) < 4.78 is 6.96. The van der Waals surface area contributed by atoms with Crippen LogP contribution in [0.2, 0.25) is 0 Å². The molecule has 24 heavy (non-hydrogen) atoms. The highest BCUT2D eigenvalue weighted by Crippen LogP contribution is 2.28. The van der Waals surface area contributed by atoms with Gasteiger partial charge in [-0.3, -0.25) is 14.9 Å². The molecule has 0 radical (unpaired) electrons. The lowest BCUT2D eigenvalue weighted by atomic mass is 10.2. The summed E-state index contributed by atoms with van der Waals surface area (Å²) in [5, 5.41) is 14.4. The molecule has 1 amide bonds. The molecule has 7 nitrogen and oxygen atoms in total. The first-order chi connectivity index (χ1) is 11.5. The fraction of sp³-hybridized carbons (Fsp3) is 0.0667. The Bertz CT molecular complexity index is 796. The summed E-state index contributed by atoms with van der Waals surface area (Å²) in [5.41, 5.74) is 2.75. The first kappa shape index (κ1) is 18.1. The molecule has 124 valence electrons. The molecule has 0 aromatic heterocycles. The van der Waals surface area contributed by atoms with E-state index in [1.165, 1.54) is 24.4 Å². The van der Waals surface area contributed by atoms with Crippen molar-refractivity contribution in [2.75, 3.05) is 6.61 Å². The second-order valence-electron chi connectivity index (χ2n) is 4.51. The first-order valence-corrected chi connectivity index (χ1v) is 8.18. The molecule has 0 fully saturated rings. The van der Waals surface area contributed by atoms with Gasteiger partial charge in [0, 0.05) is 22.2 Å². The zero-order chi connectivity index (χ0) is 17.5. The van der Waals surface area contributed by atoms with E-state index in [4.69, 9.17) is 4.74 Å². The number of halogens is 2. The summed E-state index contributed by atoms with van der Waals surface area (Å²) in [7, 11) is 0. The topological polar surface area (TPSA) is 93.8 Å². The molecule has 0 saturated carbocycles. The van der Waals surface area contributed by atoms with Gasteiger partial charge in [-0.1, -0.05) is 28.1 Å². The number of hydrogen-bond acceptors (Lipinski definition) is 5. The number of nitrogens with zero attached hydrogens (tertiary/aromatic N) is 2. The second kappa shape index (κ2) is 8.55. The molecule has 0 saturated heterocycles. The van der Waals surface area contributed by atoms with Crippen LogP contribution >= 0.6 is 31.9 Å². The molecule has 0 aliphatic rings. The zero-order valence-corrected chi connectivity index (χ0v) is 15.3. The lowest BCUT2D eigenvalue weighted by Crippen LogP contribution is -2.24. The smallest absolute Gasteiger partial charge is 0.277 e. The van der Waals surface area contributed by atoms with Gasteiger partial charge in [0.05, 0.1) is 15.6 Å². The minimum Gasteiger partial charge on any atom is -0.483 e. The number of hydrazone groups is 1. The number of hydrogen-bond donors (Lipinski definition) is 1. The van der Waals surface area contributed by atoms with Crippen LogP contribution in [-0.2, 0) is 4.79 Å². The molecule has 1 N–H and O–H groups in total. The van der Waals surface area contributed by atoms with Crippen molar-refractivity contribution in [2.24, 2.45) is 5.10 Å². The Morgan fingerprint density at radius 3 is 2.79 bits per heavy atom. The van der Waals surface area contributed by atoms with Crippen LogP contribution in [0.1, 0.15) is 5.56 Å². The van der Waals surface area contributed by atoms with E-state index >= 15 is 0 Å². The van der Waals surface area contributed by atoms with Crippen LogP contribution in [0.5, 0.6) is 5.75 Å². The van der Waals surface area contributed by atoms with Crippen LogP contribution in [0.25, 0.3) is 0 Å². The van der Waals surface area contributed by atoms with E-state index in [1.54, 1.807) is 24.3 Å². The number of carbonyl (C=O) groups excluding carboxylic acids is 1. The molecule has 2 aromatic carbocycles. The predicted molar refractivity (Wildman–Crippen MR) is 96.2 cm³/mol. The van der Waals surface area contributed by atoms with E-state index in [2.05, 4.69) is 42.4 Å². The van der Waals surface area contributed by atoms with Gasteiger partial charge in [0.15, 0.2) is 6.61 Å². The minimum atomic E-state index is -0.500. The number of non-ortho nitro benzene ring substituents is 1. The number of nitro groups is 1. The lowest BCUT2D eigenvalue weighted by Gasteiger charge is -2.07. The Labute approximate surface area is 154 Å². The van der Waals surface area contributed by atoms with E-state index in [0.29, 0.717) is 15.8 Å². The Balaban J connectivity index is 1.86. The molecule has 0 unspecified atom stereocenters. The number of benzene rings is 2. The van der Waals surface area contributed by atoms with Crippen LogP contribution < -0.4 is 10.2 Å². The third kappa shape index (κ3) is 5.43. The predicted octanol–water partition coefficient (Wildman–Crippen LogP) is 3.65. The Kier molecular flexibility index (Phi) is 6.44. The number of rotatable bonds is 6. The van der Waals surface area contributed by atoms with Crippen LogP contribution in [0.15, 0.2) is 56.5 Å². The van der Waals surface area contributed by atoms with Gasteiger partial charge < -0.3 is 4.74 Å². The SMILES string of the molecule is O=C(COc1ccc(Br)cc1Br)N/N=C/c1cccc([N+](=O)[O-])c1. The van der Waals surface area contributed by atoms with Gasteiger partial charge in [0.25, 0.3) is 11.6 Å². The Hall–Kier alpha value is -2.26. The van der Waals surface area contributed by atoms with E-state index in [1.807, 2.05) is 0 Å². The first-order valence-electron chi connectivity index (χ1n) is 6.60. The largest absolute Gasteiger partial charge is 0.483 e. The summed E-state index contributed by atoms with van der Waals surface area (Å²) in [6.07, 6.45) is 1.32. The molecule has 0 heterocycles. The molecule has 0 atom stereocenters. The van der Waals surface area contributed by atoms with Crippen molar-refractivity contribution in [1.29, 1.82) is 0 Å². The average Bonchev–Trinajstić information content (AvgIpc) is 2.54. The van der Waals surface area contributed by atoms with E-state index in [0.717, 1.165) is 4.47 Å². The third-order valence-electron chi connectivity index (χ3n) is 2.74. The monoisotopic (exact) mass is 455 g/mol. The Morgan fingerprint density at radius 1 is 1.29 bits per heavy atom. The van der Waals surface area contributed by atoms with E-state index in [-0.39, 0.29) is 12.3 Å². The summed E-state index contributed by atoms with van der Waals surface area (Å²) in [5.74, 6) is 0.0718. The van der Waals surface area contributed by atoms with Crippen molar-refractivity contribution < 1.29 is 14.5 Å². The number of ether oxygens (including phenoxy) is 1. The molecule has 0 aliphatic heterocycles. The summed E-state index contributed by atoms with van der Waals surface area (Å²) in [4.78, 5) is 21.8. The molecule has 0 aliphatic carbocycles. The minimum absolute atomic E-state index is 0.0475. The fourth-order valence-corrected chi connectivity index (χ4v) is 2.83. The second-order valence-corrected chi connectivity index (χ2v) is 6.28. The highest BCUT2D eigenvalue weighted by molar-refractivity contribution is 9.11. The summed E-state index contributed by atoms with van der Waals surface area (Å²) >= 11 is 6.65. The van der Waals surface area contributed by atoms with Gasteiger partial charge in [0.1, 0.15) is 5.75 Å². The highest BCUT2D eigenvalue weighted by atomic mass is 79.9. The maximum Gasteiger partial charge on any atom is 0.277 e. The van der Waals surface area contributed by atoms with Gasteiger partial charge >= 0.3 is 0 Å². The van der Waals surface area contributed by atoms with Crippen LogP contribution in [0, 0.1) is 10.1 Å². The summed E-state index contributed by atoms with van der Waals surface area (Å²) in [6, 6.07) is 11.2. The molecular formula is C15H11Br2N3O4. The van der Waals surface area contributed by atoms with Crippen molar-refractivity contribution in [3.63, 3.8) is 0 Å². The average molecular weight is 457 g/mol. The number of nitro benzene ring substituents is 1. The fourth-order valence-electron chi connectivity index (χ4n) is 1.67. The molecule has 0 spiro atoms. The summed E-state index contributed by atoms with van der Waals surface area (Å²) in [6.45, 7) is -0.216. The zero-order valence-electron chi connectivity index (χ0n) is 12.1. The molecule has 0 bridgehead atoms. The normalized spacial score (nSPS) is 10.6. The maximum atomic E-state index is 11.7. The standard InChI is InChI=1S/C15H11Br2N3O4/c16-11-4-5-14(13(17)7-11)24-9-15(21)19-18-8-10-2-1-3-12(6-10)20(22)23/h1-8H,9H2,(H,19,21)/b18-8+. The van der Waals surface area contributed by atoms with Crippen molar-refractivity contribution in [1.82, 2.24) is 5.43 Å². The van der Waals surface area contributed by atoms with Crippen molar-refractivity contribution in [3.8, 4) is 5.75 Å². The maximum absolute atomic E-state index is 11.7. The molecule has 2 aromatic rings. The van der Waals surface area contributed by atoms with Gasteiger partial charge in [-0.15, -0.1) is 0 Å². The number of amides is 1.